The molecular formula is C23H18N6O3. The van der Waals surface area contributed by atoms with Crippen LogP contribution in [-0.4, -0.2) is 38.0 Å². The van der Waals surface area contributed by atoms with Gasteiger partial charge in [-0.1, -0.05) is 36.4 Å². The molecule has 0 aliphatic rings. The summed E-state index contributed by atoms with van der Waals surface area (Å²) in [6, 6.07) is 20.5. The molecular weight excluding hydrogens is 408 g/mol. The highest BCUT2D eigenvalue weighted by Crippen LogP contribution is 2.19. The van der Waals surface area contributed by atoms with Gasteiger partial charge in [0.2, 0.25) is 0 Å². The van der Waals surface area contributed by atoms with Crippen molar-refractivity contribution in [3.8, 4) is 17.4 Å². The molecule has 1 amide bonds. The second-order valence-electron chi connectivity index (χ2n) is 6.78. The average Bonchev–Trinajstić information content (AvgIpc) is 3.46. The summed E-state index contributed by atoms with van der Waals surface area (Å²) in [4.78, 5) is 24.5. The second-order valence-corrected chi connectivity index (χ2v) is 6.78. The molecule has 0 atom stereocenters. The Hall–Kier alpha value is -4.71. The minimum atomic E-state index is -0.576. The predicted octanol–water partition coefficient (Wildman–Crippen LogP) is 2.65. The molecule has 2 aromatic heterocycles. The molecule has 2 aromatic carbocycles. The first kappa shape index (κ1) is 20.6. The van der Waals surface area contributed by atoms with E-state index in [0.29, 0.717) is 11.3 Å². The van der Waals surface area contributed by atoms with Gasteiger partial charge in [-0.05, 0) is 24.3 Å². The number of nitriles is 1. The number of esters is 1. The fraction of sp³-hybridized carbons (Fsp3) is 0.0870. The van der Waals surface area contributed by atoms with Crippen molar-refractivity contribution in [2.75, 3.05) is 11.9 Å². The summed E-state index contributed by atoms with van der Waals surface area (Å²) >= 11 is 0. The Morgan fingerprint density at radius 2 is 1.66 bits per heavy atom. The number of nitrogens with zero attached hydrogens (tertiary/aromatic N) is 5. The quantitative estimate of drug-likeness (QED) is 0.454. The standard InChI is InChI=1S/C23H18N6O3/c24-12-18-14-26-29(20-9-5-2-6-10-20)23(18)27-21(30)16-32-22(31)11-17-13-25-28(15-17)19-7-3-1-4-8-19/h1-10,13-15H,11,16H2,(H,27,30). The van der Waals surface area contributed by atoms with E-state index in [0.717, 1.165) is 5.69 Å². The summed E-state index contributed by atoms with van der Waals surface area (Å²) in [7, 11) is 0. The van der Waals surface area contributed by atoms with Crippen molar-refractivity contribution in [3.63, 3.8) is 0 Å². The van der Waals surface area contributed by atoms with Crippen molar-refractivity contribution in [2.24, 2.45) is 0 Å². The summed E-state index contributed by atoms with van der Waals surface area (Å²) in [5.41, 5.74) is 2.40. The van der Waals surface area contributed by atoms with Crippen molar-refractivity contribution in [2.45, 2.75) is 6.42 Å². The van der Waals surface area contributed by atoms with Gasteiger partial charge < -0.3 is 10.1 Å². The van der Waals surface area contributed by atoms with Crippen molar-refractivity contribution in [1.29, 1.82) is 5.26 Å². The van der Waals surface area contributed by atoms with E-state index in [1.165, 1.54) is 10.9 Å². The van der Waals surface area contributed by atoms with E-state index in [-0.39, 0.29) is 17.8 Å². The van der Waals surface area contributed by atoms with Gasteiger partial charge in [-0.2, -0.15) is 15.5 Å². The molecule has 0 spiro atoms. The van der Waals surface area contributed by atoms with Gasteiger partial charge in [0.05, 0.1) is 30.2 Å². The van der Waals surface area contributed by atoms with Gasteiger partial charge in [0, 0.05) is 11.8 Å². The number of aromatic nitrogens is 4. The fourth-order valence-corrected chi connectivity index (χ4v) is 3.02. The number of benzene rings is 2. The van der Waals surface area contributed by atoms with Crippen molar-refractivity contribution in [3.05, 3.63) is 90.4 Å². The molecule has 0 aliphatic carbocycles. The molecule has 0 fully saturated rings. The number of amides is 1. The fourth-order valence-electron chi connectivity index (χ4n) is 3.02. The Morgan fingerprint density at radius 3 is 2.34 bits per heavy atom. The van der Waals surface area contributed by atoms with Crippen molar-refractivity contribution < 1.29 is 14.3 Å². The average molecular weight is 426 g/mol. The number of hydrogen-bond donors (Lipinski definition) is 1. The summed E-state index contributed by atoms with van der Waals surface area (Å²) < 4.78 is 8.19. The number of carbonyl (C=O) groups excluding carboxylic acids is 2. The van der Waals surface area contributed by atoms with Gasteiger partial charge in [0.15, 0.2) is 12.4 Å². The topological polar surface area (TPSA) is 115 Å². The minimum absolute atomic E-state index is 0.0223. The Labute approximate surface area is 183 Å². The van der Waals surface area contributed by atoms with Crippen LogP contribution in [0.25, 0.3) is 11.4 Å². The first-order valence-corrected chi connectivity index (χ1v) is 9.72. The highest BCUT2D eigenvalue weighted by atomic mass is 16.5. The van der Waals surface area contributed by atoms with Crippen molar-refractivity contribution >= 4 is 17.7 Å². The van der Waals surface area contributed by atoms with Crippen LogP contribution in [0.2, 0.25) is 0 Å². The molecule has 32 heavy (non-hydrogen) atoms. The zero-order valence-electron chi connectivity index (χ0n) is 16.9. The van der Waals surface area contributed by atoms with Crippen molar-refractivity contribution in [1.82, 2.24) is 19.6 Å². The minimum Gasteiger partial charge on any atom is -0.455 e. The molecule has 4 rings (SSSR count). The predicted molar refractivity (Wildman–Crippen MR) is 115 cm³/mol. The smallest absolute Gasteiger partial charge is 0.310 e. The number of anilines is 1. The monoisotopic (exact) mass is 426 g/mol. The molecule has 4 aromatic rings. The highest BCUT2D eigenvalue weighted by molar-refractivity contribution is 5.93. The van der Waals surface area contributed by atoms with E-state index in [1.54, 1.807) is 29.2 Å². The molecule has 0 radical (unpaired) electrons. The van der Waals surface area contributed by atoms with Crippen LogP contribution in [0.4, 0.5) is 5.82 Å². The van der Waals surface area contributed by atoms with E-state index in [2.05, 4.69) is 15.5 Å². The first-order chi connectivity index (χ1) is 15.6. The SMILES string of the molecule is N#Cc1cnn(-c2ccccc2)c1NC(=O)COC(=O)Cc1cnn(-c2ccccc2)c1. The molecule has 0 unspecified atom stereocenters. The maximum atomic E-state index is 12.4. The lowest BCUT2D eigenvalue weighted by molar-refractivity contribution is -0.146. The number of ether oxygens (including phenoxy) is 1. The zero-order valence-corrected chi connectivity index (χ0v) is 16.9. The van der Waals surface area contributed by atoms with Gasteiger partial charge in [-0.15, -0.1) is 0 Å². The lowest BCUT2D eigenvalue weighted by Gasteiger charge is -2.10. The maximum Gasteiger partial charge on any atom is 0.310 e. The van der Waals surface area contributed by atoms with Crippen LogP contribution in [0, 0.1) is 11.3 Å². The van der Waals surface area contributed by atoms with Crippen LogP contribution >= 0.6 is 0 Å². The van der Waals surface area contributed by atoms with Gasteiger partial charge in [0.1, 0.15) is 11.6 Å². The van der Waals surface area contributed by atoms with Crippen LogP contribution in [-0.2, 0) is 20.7 Å². The highest BCUT2D eigenvalue weighted by Gasteiger charge is 2.16. The first-order valence-electron chi connectivity index (χ1n) is 9.72. The van der Waals surface area contributed by atoms with E-state index in [9.17, 15) is 14.9 Å². The number of nitrogens with one attached hydrogen (secondary N) is 1. The molecule has 0 saturated heterocycles. The van der Waals surface area contributed by atoms with Gasteiger partial charge in [0.25, 0.3) is 5.91 Å². The molecule has 9 nitrogen and oxygen atoms in total. The van der Waals surface area contributed by atoms with Gasteiger partial charge in [-0.3, -0.25) is 9.59 Å². The molecule has 9 heteroatoms. The summed E-state index contributed by atoms with van der Waals surface area (Å²) in [6.07, 6.45) is 4.64. The number of hydrogen-bond acceptors (Lipinski definition) is 6. The molecule has 0 saturated carbocycles. The molecule has 2 heterocycles. The number of rotatable bonds is 7. The van der Waals surface area contributed by atoms with E-state index < -0.39 is 18.5 Å². The second kappa shape index (κ2) is 9.40. The van der Waals surface area contributed by atoms with Crippen LogP contribution in [0.1, 0.15) is 11.1 Å². The third kappa shape index (κ3) is 4.71. The summed E-state index contributed by atoms with van der Waals surface area (Å²) in [5, 5.41) is 20.3. The molecule has 0 aliphatic heterocycles. The number of para-hydroxylation sites is 2. The van der Waals surface area contributed by atoms with E-state index in [4.69, 9.17) is 4.74 Å². The summed E-state index contributed by atoms with van der Waals surface area (Å²) in [6.45, 7) is -0.490. The third-order valence-electron chi connectivity index (χ3n) is 4.52. The molecule has 0 bridgehead atoms. The Morgan fingerprint density at radius 1 is 0.969 bits per heavy atom. The largest absolute Gasteiger partial charge is 0.455 e. The Kier molecular flexibility index (Phi) is 6.04. The molecule has 158 valence electrons. The van der Waals surface area contributed by atoms with Gasteiger partial charge in [-0.25, -0.2) is 9.36 Å². The van der Waals surface area contributed by atoms with Crippen LogP contribution in [0.3, 0.4) is 0 Å². The van der Waals surface area contributed by atoms with E-state index >= 15 is 0 Å². The third-order valence-corrected chi connectivity index (χ3v) is 4.52. The van der Waals surface area contributed by atoms with Crippen LogP contribution < -0.4 is 5.32 Å². The number of carbonyl (C=O) groups is 2. The summed E-state index contributed by atoms with van der Waals surface area (Å²) in [5.74, 6) is -0.929. The lowest BCUT2D eigenvalue weighted by Crippen LogP contribution is -2.23. The van der Waals surface area contributed by atoms with Gasteiger partial charge >= 0.3 is 5.97 Å². The Balaban J connectivity index is 1.35. The maximum absolute atomic E-state index is 12.4. The normalized spacial score (nSPS) is 10.3. The van der Waals surface area contributed by atoms with Crippen LogP contribution in [0.5, 0.6) is 0 Å². The van der Waals surface area contributed by atoms with Crippen LogP contribution in [0.15, 0.2) is 79.3 Å². The Bertz CT molecular complexity index is 1270. The molecule has 1 N–H and O–H groups in total. The van der Waals surface area contributed by atoms with E-state index in [1.807, 2.05) is 54.6 Å². The lowest BCUT2D eigenvalue weighted by atomic mass is 10.2. The zero-order chi connectivity index (χ0) is 22.3.